The minimum absolute atomic E-state index is 0.224. The molecule has 8 unspecified atom stereocenters. The normalized spacial score (nSPS) is 22.0. The largest absolute Gasteiger partial charge is 0.397 e. The van der Waals surface area contributed by atoms with Gasteiger partial charge in [-0.15, -0.1) is 0 Å². The number of unbranched alkanes of at least 4 members (excludes halogenated alkanes) is 21. The molecule has 13 nitrogen and oxygen atoms in total. The Bertz CT molecular complexity index is 1200. The fourth-order valence-electron chi connectivity index (χ4n) is 6.92. The molecule has 14 heteroatoms. The SMILES string of the molecule is CCCCC/C=C\C=C/CCCCCCCC(O)C(=O)NC(COC1OC(CO)C(O)C(OS(=O)(=O)O)C1O)C(O)/C=C/CCCCCCCCCCCCCCC. The first kappa shape index (κ1) is 54.3. The Hall–Kier alpha value is -1.72. The third kappa shape index (κ3) is 27.2. The number of ether oxygens (including phenoxy) is 2. The van der Waals surface area contributed by atoms with Crippen molar-refractivity contribution in [3.63, 3.8) is 0 Å². The zero-order chi connectivity index (χ0) is 42.9. The van der Waals surface area contributed by atoms with Crippen LogP contribution in [0.1, 0.15) is 174 Å². The summed E-state index contributed by atoms with van der Waals surface area (Å²) in [7, 11) is -5.12. The standard InChI is InChI=1S/C44H81NO12S/c1-3-5-7-9-11-13-15-17-19-21-22-24-26-28-30-32-37(47)36(35-55-44-41(50)42(57-58(52,53)54)40(49)39(34-46)56-44)45-43(51)38(48)33-31-29-27-25-23-20-18-16-14-12-10-8-6-4-2/h12,14,16,18,30,32,36-42,44,46-50H,3-11,13,15,17,19-29,31,33-35H2,1-2H3,(H,45,51)(H,52,53,54)/b14-12-,18-16-,32-30+. The zero-order valence-electron chi connectivity index (χ0n) is 35.7. The van der Waals surface area contributed by atoms with Crippen molar-refractivity contribution in [1.82, 2.24) is 5.32 Å². The molecule has 340 valence electrons. The Morgan fingerprint density at radius 3 is 1.69 bits per heavy atom. The second-order valence-corrected chi connectivity index (χ2v) is 16.9. The summed E-state index contributed by atoms with van der Waals surface area (Å²) >= 11 is 0. The van der Waals surface area contributed by atoms with Crippen LogP contribution < -0.4 is 5.32 Å². The molecule has 1 saturated heterocycles. The van der Waals surface area contributed by atoms with Gasteiger partial charge >= 0.3 is 10.4 Å². The van der Waals surface area contributed by atoms with Crippen molar-refractivity contribution >= 4 is 16.3 Å². The maximum atomic E-state index is 13.1. The third-order valence-electron chi connectivity index (χ3n) is 10.6. The lowest BCUT2D eigenvalue weighted by Crippen LogP contribution is -2.61. The Balaban J connectivity index is 2.64. The van der Waals surface area contributed by atoms with Crippen LogP contribution in [0.25, 0.3) is 0 Å². The number of allylic oxidation sites excluding steroid dienone is 5. The van der Waals surface area contributed by atoms with E-state index >= 15 is 0 Å². The molecular formula is C44H81NO12S. The van der Waals surface area contributed by atoms with Crippen LogP contribution in [0, 0.1) is 0 Å². The van der Waals surface area contributed by atoms with E-state index in [2.05, 4.69) is 47.7 Å². The quantitative estimate of drug-likeness (QED) is 0.0142. The second kappa shape index (κ2) is 34.9. The molecule has 1 amide bonds. The van der Waals surface area contributed by atoms with Crippen molar-refractivity contribution in [2.45, 2.75) is 223 Å². The van der Waals surface area contributed by atoms with Gasteiger partial charge in [-0.25, -0.2) is 4.18 Å². The van der Waals surface area contributed by atoms with E-state index < -0.39 is 78.5 Å². The summed E-state index contributed by atoms with van der Waals surface area (Å²) in [4.78, 5) is 13.1. The molecule has 0 aliphatic carbocycles. The van der Waals surface area contributed by atoms with Gasteiger partial charge < -0.3 is 40.3 Å². The Morgan fingerprint density at radius 2 is 1.17 bits per heavy atom. The van der Waals surface area contributed by atoms with Gasteiger partial charge in [-0.3, -0.25) is 9.35 Å². The molecule has 0 spiro atoms. The number of hydrogen-bond donors (Lipinski definition) is 7. The molecule has 1 rings (SSSR count). The zero-order valence-corrected chi connectivity index (χ0v) is 36.5. The van der Waals surface area contributed by atoms with Gasteiger partial charge in [0.2, 0.25) is 5.91 Å². The monoisotopic (exact) mass is 848 g/mol. The molecule has 0 aromatic carbocycles. The van der Waals surface area contributed by atoms with Gasteiger partial charge in [0, 0.05) is 0 Å². The lowest BCUT2D eigenvalue weighted by atomic mass is 9.99. The van der Waals surface area contributed by atoms with Crippen molar-refractivity contribution in [3.05, 3.63) is 36.5 Å². The van der Waals surface area contributed by atoms with Gasteiger partial charge in [0.25, 0.3) is 0 Å². The fourth-order valence-corrected chi connectivity index (χ4v) is 7.43. The topological polar surface area (TPSA) is 212 Å². The van der Waals surface area contributed by atoms with Gasteiger partial charge in [0.05, 0.1) is 25.4 Å². The van der Waals surface area contributed by atoms with Crippen LogP contribution in [0.2, 0.25) is 0 Å². The van der Waals surface area contributed by atoms with Crippen molar-refractivity contribution in [2.75, 3.05) is 13.2 Å². The van der Waals surface area contributed by atoms with Crippen LogP contribution in [0.4, 0.5) is 0 Å². The molecule has 0 aromatic rings. The van der Waals surface area contributed by atoms with Crippen LogP contribution in [-0.2, 0) is 28.9 Å². The molecule has 7 N–H and O–H groups in total. The van der Waals surface area contributed by atoms with E-state index in [1.807, 2.05) is 6.08 Å². The molecule has 0 bridgehead atoms. The van der Waals surface area contributed by atoms with Crippen LogP contribution in [-0.4, -0.2) is 107 Å². The molecule has 0 radical (unpaired) electrons. The summed E-state index contributed by atoms with van der Waals surface area (Å²) in [5.74, 6) is -0.716. The Morgan fingerprint density at radius 1 is 0.707 bits per heavy atom. The van der Waals surface area contributed by atoms with Gasteiger partial charge in [0.1, 0.15) is 30.5 Å². The second-order valence-electron chi connectivity index (χ2n) is 15.8. The minimum Gasteiger partial charge on any atom is -0.394 e. The van der Waals surface area contributed by atoms with E-state index in [-0.39, 0.29) is 6.42 Å². The van der Waals surface area contributed by atoms with Crippen LogP contribution in [0.15, 0.2) is 36.5 Å². The lowest BCUT2D eigenvalue weighted by molar-refractivity contribution is -0.298. The summed E-state index contributed by atoms with van der Waals surface area (Å²) in [6.07, 6.45) is 27.9. The van der Waals surface area contributed by atoms with Crippen LogP contribution >= 0.6 is 0 Å². The molecule has 1 heterocycles. The maximum Gasteiger partial charge on any atom is 0.397 e. The van der Waals surface area contributed by atoms with E-state index in [1.165, 1.54) is 89.5 Å². The van der Waals surface area contributed by atoms with Gasteiger partial charge in [-0.05, 0) is 44.9 Å². The number of carbonyl (C=O) groups is 1. The summed E-state index contributed by atoms with van der Waals surface area (Å²) in [5.41, 5.74) is 0. The smallest absolute Gasteiger partial charge is 0.394 e. The number of nitrogens with one attached hydrogen (secondary N) is 1. The molecular weight excluding hydrogens is 767 g/mol. The summed E-state index contributed by atoms with van der Waals surface area (Å²) in [6, 6.07) is -1.12. The molecule has 1 aliphatic rings. The minimum atomic E-state index is -5.12. The highest BCUT2D eigenvalue weighted by molar-refractivity contribution is 7.80. The van der Waals surface area contributed by atoms with E-state index in [1.54, 1.807) is 0 Å². The summed E-state index contributed by atoms with van der Waals surface area (Å²) in [6.45, 7) is 3.16. The first-order valence-corrected chi connectivity index (χ1v) is 23.9. The van der Waals surface area contributed by atoms with Crippen molar-refractivity contribution < 1.29 is 57.0 Å². The Kier molecular flexibility index (Phi) is 32.7. The highest BCUT2D eigenvalue weighted by Gasteiger charge is 2.48. The Labute approximate surface area is 350 Å². The van der Waals surface area contributed by atoms with Gasteiger partial charge in [0.15, 0.2) is 6.29 Å². The van der Waals surface area contributed by atoms with E-state index in [9.17, 15) is 38.7 Å². The predicted molar refractivity (Wildman–Crippen MR) is 228 cm³/mol. The number of aliphatic hydroxyl groups excluding tert-OH is 5. The van der Waals surface area contributed by atoms with Gasteiger partial charge in [-0.1, -0.05) is 166 Å². The number of rotatable bonds is 37. The van der Waals surface area contributed by atoms with Crippen molar-refractivity contribution in [2.24, 2.45) is 0 Å². The molecule has 1 fully saturated rings. The molecule has 1 aliphatic heterocycles. The fraction of sp³-hybridized carbons (Fsp3) is 0.841. The predicted octanol–water partition coefficient (Wildman–Crippen LogP) is 7.30. The average molecular weight is 848 g/mol. The maximum absolute atomic E-state index is 13.1. The first-order valence-electron chi connectivity index (χ1n) is 22.5. The lowest BCUT2D eigenvalue weighted by Gasteiger charge is -2.41. The summed E-state index contributed by atoms with van der Waals surface area (Å²) in [5, 5.41) is 55.1. The highest BCUT2D eigenvalue weighted by Crippen LogP contribution is 2.26. The molecule has 58 heavy (non-hydrogen) atoms. The number of aliphatic hydroxyl groups is 5. The van der Waals surface area contributed by atoms with Gasteiger partial charge in [-0.2, -0.15) is 8.42 Å². The molecule has 8 atom stereocenters. The van der Waals surface area contributed by atoms with Crippen molar-refractivity contribution in [1.29, 1.82) is 0 Å². The first-order chi connectivity index (χ1) is 27.9. The van der Waals surface area contributed by atoms with Crippen LogP contribution in [0.5, 0.6) is 0 Å². The number of amides is 1. The number of carbonyl (C=O) groups excluding carboxylic acids is 1. The third-order valence-corrected chi connectivity index (χ3v) is 11.0. The van der Waals surface area contributed by atoms with E-state index in [4.69, 9.17) is 14.0 Å². The van der Waals surface area contributed by atoms with Crippen molar-refractivity contribution in [3.8, 4) is 0 Å². The highest BCUT2D eigenvalue weighted by atomic mass is 32.3. The molecule has 0 saturated carbocycles. The average Bonchev–Trinajstić information content (AvgIpc) is 3.19. The van der Waals surface area contributed by atoms with E-state index in [0.717, 1.165) is 57.8 Å². The summed E-state index contributed by atoms with van der Waals surface area (Å²) < 4.78 is 47.4. The van der Waals surface area contributed by atoms with Crippen LogP contribution in [0.3, 0.4) is 0 Å². The number of hydrogen-bond acceptors (Lipinski definition) is 11. The van der Waals surface area contributed by atoms with E-state index in [0.29, 0.717) is 12.8 Å². The molecule has 0 aromatic heterocycles.